The Morgan fingerprint density at radius 1 is 1.13 bits per heavy atom. The van der Waals surface area contributed by atoms with Gasteiger partial charge in [-0.2, -0.15) is 0 Å². The Kier molecular flexibility index (Phi) is 5.98. The van der Waals surface area contributed by atoms with Gasteiger partial charge in [0.2, 0.25) is 0 Å². The van der Waals surface area contributed by atoms with Gasteiger partial charge in [0.05, 0.1) is 26.9 Å². The largest absolute Gasteiger partial charge is 1.00 e. The summed E-state index contributed by atoms with van der Waals surface area (Å²) in [6.07, 6.45) is 0. The molecule has 1 rings (SSSR count). The lowest BCUT2D eigenvalue weighted by atomic mass is 10.1. The SMILES string of the molecule is CC(=N[N+](C)(C)C)c1ccc(Br)cc1.[I-]. The quantitative estimate of drug-likeness (QED) is 0.293. The van der Waals surface area contributed by atoms with E-state index < -0.39 is 0 Å². The summed E-state index contributed by atoms with van der Waals surface area (Å²) >= 11 is 3.41. The molecule has 0 aliphatic carbocycles. The monoisotopic (exact) mass is 382 g/mol. The number of nitrogens with zero attached hydrogens (tertiary/aromatic N) is 2. The van der Waals surface area contributed by atoms with Gasteiger partial charge >= 0.3 is 0 Å². The Labute approximate surface area is 117 Å². The summed E-state index contributed by atoms with van der Waals surface area (Å²) in [5, 5.41) is 4.55. The van der Waals surface area contributed by atoms with E-state index in [4.69, 9.17) is 0 Å². The fraction of sp³-hybridized carbons (Fsp3) is 0.364. The molecule has 0 amide bonds. The molecule has 0 saturated carbocycles. The predicted molar refractivity (Wildman–Crippen MR) is 64.4 cm³/mol. The van der Waals surface area contributed by atoms with E-state index >= 15 is 0 Å². The van der Waals surface area contributed by atoms with Crippen molar-refractivity contribution in [3.05, 3.63) is 34.3 Å². The van der Waals surface area contributed by atoms with Gasteiger partial charge in [0, 0.05) is 10.0 Å². The Morgan fingerprint density at radius 2 is 1.60 bits per heavy atom. The van der Waals surface area contributed by atoms with Crippen molar-refractivity contribution in [3.63, 3.8) is 0 Å². The van der Waals surface area contributed by atoms with Crippen LogP contribution in [0.15, 0.2) is 33.8 Å². The second-order valence-corrected chi connectivity index (χ2v) is 5.05. The van der Waals surface area contributed by atoms with Gasteiger partial charge in [0.15, 0.2) is 0 Å². The Balaban J connectivity index is 0.00000196. The molecule has 0 atom stereocenters. The van der Waals surface area contributed by atoms with Gasteiger partial charge in [0.25, 0.3) is 0 Å². The highest BCUT2D eigenvalue weighted by Gasteiger charge is 2.06. The standard InChI is InChI=1S/C11H16BrN2.HI/c1-9(13-14(2,3)4)10-5-7-11(12)8-6-10;/h5-8H,1-4H3;1H/q+1;/p-1. The molecular weight excluding hydrogens is 367 g/mol. The van der Waals surface area contributed by atoms with Crippen LogP contribution in [-0.2, 0) is 0 Å². The van der Waals surface area contributed by atoms with Crippen LogP contribution in [0.2, 0.25) is 0 Å². The number of benzene rings is 1. The van der Waals surface area contributed by atoms with Crippen LogP contribution in [0.25, 0.3) is 0 Å². The number of hydrogen-bond donors (Lipinski definition) is 0. The van der Waals surface area contributed by atoms with E-state index in [2.05, 4.69) is 33.2 Å². The molecule has 0 unspecified atom stereocenters. The van der Waals surface area contributed by atoms with E-state index in [1.807, 2.05) is 40.2 Å². The van der Waals surface area contributed by atoms with Crippen LogP contribution in [0, 0.1) is 0 Å². The molecule has 0 aliphatic rings. The van der Waals surface area contributed by atoms with E-state index in [0.717, 1.165) is 10.2 Å². The summed E-state index contributed by atoms with van der Waals surface area (Å²) in [5.74, 6) is 0. The maximum Gasteiger partial charge on any atom is 0.0999 e. The highest BCUT2D eigenvalue weighted by molar-refractivity contribution is 9.10. The molecule has 0 aromatic heterocycles. The Hall–Kier alpha value is 0.0600. The van der Waals surface area contributed by atoms with Crippen molar-refractivity contribution in [2.45, 2.75) is 6.92 Å². The molecule has 2 nitrogen and oxygen atoms in total. The minimum Gasteiger partial charge on any atom is -1.00 e. The lowest BCUT2D eigenvalue weighted by molar-refractivity contribution is -0.877. The molecule has 84 valence electrons. The third-order valence-electron chi connectivity index (χ3n) is 1.71. The molecular formula is C11H16BrIN2. The number of hydrogen-bond acceptors (Lipinski definition) is 1. The lowest BCUT2D eigenvalue weighted by Crippen LogP contribution is -3.00. The zero-order valence-electron chi connectivity index (χ0n) is 9.46. The summed E-state index contributed by atoms with van der Waals surface area (Å²) < 4.78 is 1.70. The molecule has 0 bridgehead atoms. The molecule has 0 fully saturated rings. The first-order valence-corrected chi connectivity index (χ1v) is 5.32. The zero-order valence-corrected chi connectivity index (χ0v) is 13.2. The molecule has 0 saturated heterocycles. The second-order valence-electron chi connectivity index (χ2n) is 4.13. The lowest BCUT2D eigenvalue weighted by Gasteiger charge is -2.16. The van der Waals surface area contributed by atoms with Crippen molar-refractivity contribution >= 4 is 21.6 Å². The summed E-state index contributed by atoms with van der Waals surface area (Å²) in [5.41, 5.74) is 2.23. The van der Waals surface area contributed by atoms with Crippen molar-refractivity contribution in [1.29, 1.82) is 0 Å². The van der Waals surface area contributed by atoms with Crippen LogP contribution < -0.4 is 24.0 Å². The second kappa shape index (κ2) is 5.96. The van der Waals surface area contributed by atoms with Gasteiger partial charge in [-0.3, -0.25) is 0 Å². The van der Waals surface area contributed by atoms with Crippen LogP contribution in [0.1, 0.15) is 12.5 Å². The first kappa shape index (κ1) is 15.1. The van der Waals surface area contributed by atoms with Gasteiger partial charge < -0.3 is 24.0 Å². The van der Waals surface area contributed by atoms with E-state index in [0.29, 0.717) is 4.59 Å². The van der Waals surface area contributed by atoms with Crippen LogP contribution in [0.4, 0.5) is 0 Å². The average Bonchev–Trinajstić information content (AvgIpc) is 2.02. The minimum atomic E-state index is 0. The molecule has 0 heterocycles. The highest BCUT2D eigenvalue weighted by atomic mass is 127. The zero-order chi connectivity index (χ0) is 10.8. The molecule has 1 aromatic carbocycles. The molecule has 0 aliphatic heterocycles. The number of quaternary nitrogens is 1. The van der Waals surface area contributed by atoms with Crippen molar-refractivity contribution < 1.29 is 28.6 Å². The van der Waals surface area contributed by atoms with Crippen LogP contribution in [0.5, 0.6) is 0 Å². The summed E-state index contributed by atoms with van der Waals surface area (Å²) in [4.78, 5) is 0. The third-order valence-corrected chi connectivity index (χ3v) is 2.24. The van der Waals surface area contributed by atoms with Crippen LogP contribution in [-0.4, -0.2) is 31.4 Å². The van der Waals surface area contributed by atoms with E-state index in [9.17, 15) is 0 Å². The number of halogens is 2. The van der Waals surface area contributed by atoms with Crippen molar-refractivity contribution in [2.24, 2.45) is 5.10 Å². The fourth-order valence-electron chi connectivity index (χ4n) is 1.20. The van der Waals surface area contributed by atoms with Gasteiger partial charge in [-0.05, 0) is 19.1 Å². The van der Waals surface area contributed by atoms with Gasteiger partial charge in [-0.1, -0.05) is 33.2 Å². The maximum atomic E-state index is 4.55. The molecule has 0 radical (unpaired) electrons. The summed E-state index contributed by atoms with van der Waals surface area (Å²) in [6, 6.07) is 8.20. The van der Waals surface area contributed by atoms with Crippen molar-refractivity contribution in [1.82, 2.24) is 0 Å². The Bertz CT molecular complexity index is 339. The maximum absolute atomic E-state index is 4.55. The molecule has 4 heteroatoms. The van der Waals surface area contributed by atoms with E-state index in [-0.39, 0.29) is 24.0 Å². The van der Waals surface area contributed by atoms with E-state index in [1.54, 1.807) is 0 Å². The van der Waals surface area contributed by atoms with Crippen molar-refractivity contribution in [2.75, 3.05) is 21.1 Å². The average molecular weight is 383 g/mol. The van der Waals surface area contributed by atoms with E-state index in [1.165, 1.54) is 5.56 Å². The van der Waals surface area contributed by atoms with Gasteiger partial charge in [-0.15, -0.1) is 0 Å². The first-order valence-electron chi connectivity index (χ1n) is 4.53. The highest BCUT2D eigenvalue weighted by Crippen LogP contribution is 2.11. The normalized spacial score (nSPS) is 12.2. The molecule has 0 N–H and O–H groups in total. The third kappa shape index (κ3) is 5.63. The Morgan fingerprint density at radius 3 is 2.00 bits per heavy atom. The van der Waals surface area contributed by atoms with Crippen LogP contribution in [0.3, 0.4) is 0 Å². The molecule has 1 aromatic rings. The fourth-order valence-corrected chi connectivity index (χ4v) is 1.46. The summed E-state index contributed by atoms with van der Waals surface area (Å²) in [6.45, 7) is 2.03. The van der Waals surface area contributed by atoms with Gasteiger partial charge in [-0.25, -0.2) is 4.59 Å². The van der Waals surface area contributed by atoms with Gasteiger partial charge in [0.1, 0.15) is 0 Å². The smallest absolute Gasteiger partial charge is 0.0999 e. The number of rotatable bonds is 2. The van der Waals surface area contributed by atoms with Crippen LogP contribution >= 0.6 is 15.9 Å². The molecule has 0 spiro atoms. The van der Waals surface area contributed by atoms with Crippen molar-refractivity contribution in [3.8, 4) is 0 Å². The first-order chi connectivity index (χ1) is 6.38. The topological polar surface area (TPSA) is 12.4 Å². The summed E-state index contributed by atoms with van der Waals surface area (Å²) in [7, 11) is 6.13. The predicted octanol–water partition coefficient (Wildman–Crippen LogP) is -0.117. The molecule has 15 heavy (non-hydrogen) atoms. The minimum absolute atomic E-state index is 0.